The molecule has 0 radical (unpaired) electrons. The lowest BCUT2D eigenvalue weighted by molar-refractivity contribution is 0.253. The molecule has 0 bridgehead atoms. The normalized spacial score (nSPS) is 10.5. The summed E-state index contributed by atoms with van der Waals surface area (Å²) in [6.45, 7) is 0.394. The summed E-state index contributed by atoms with van der Waals surface area (Å²) in [7, 11) is 0. The van der Waals surface area contributed by atoms with E-state index in [-0.39, 0.29) is 5.56 Å². The molecule has 0 aliphatic heterocycles. The highest BCUT2D eigenvalue weighted by molar-refractivity contribution is 5.93. The summed E-state index contributed by atoms with van der Waals surface area (Å²) >= 11 is 0. The molecule has 3 N–H and O–H groups in total. The van der Waals surface area contributed by atoms with Crippen molar-refractivity contribution in [2.24, 2.45) is 5.73 Å². The first-order chi connectivity index (χ1) is 10.6. The number of H-pyrrole nitrogens is 1. The Balaban J connectivity index is 1.99. The lowest BCUT2D eigenvalue weighted by atomic mass is 10.1. The SMILES string of the molecule is NC(=O)N(Cc1ccccc1)c1ccc2[nH]c(=O)ccc2c1. The number of primary amides is 1. The van der Waals surface area contributed by atoms with Crippen LogP contribution in [0.5, 0.6) is 0 Å². The van der Waals surface area contributed by atoms with Crippen LogP contribution in [0.1, 0.15) is 5.56 Å². The van der Waals surface area contributed by atoms with Crippen molar-refractivity contribution in [1.29, 1.82) is 0 Å². The predicted octanol–water partition coefficient (Wildman–Crippen LogP) is 2.61. The zero-order valence-corrected chi connectivity index (χ0v) is 11.8. The number of fused-ring (bicyclic) bond motifs is 1. The number of aromatic nitrogens is 1. The van der Waals surface area contributed by atoms with E-state index in [1.54, 1.807) is 18.2 Å². The number of amides is 2. The van der Waals surface area contributed by atoms with Gasteiger partial charge in [-0.1, -0.05) is 30.3 Å². The largest absolute Gasteiger partial charge is 0.351 e. The fraction of sp³-hybridized carbons (Fsp3) is 0.0588. The van der Waals surface area contributed by atoms with Crippen LogP contribution in [0.3, 0.4) is 0 Å². The number of aromatic amines is 1. The Morgan fingerprint density at radius 2 is 1.82 bits per heavy atom. The zero-order chi connectivity index (χ0) is 15.5. The molecule has 0 aliphatic rings. The van der Waals surface area contributed by atoms with E-state index in [1.165, 1.54) is 11.0 Å². The maximum Gasteiger partial charge on any atom is 0.319 e. The molecule has 0 fully saturated rings. The Morgan fingerprint density at radius 3 is 2.55 bits per heavy atom. The number of hydrogen-bond acceptors (Lipinski definition) is 2. The summed E-state index contributed by atoms with van der Waals surface area (Å²) in [5.74, 6) is 0. The van der Waals surface area contributed by atoms with Gasteiger partial charge in [0.25, 0.3) is 0 Å². The summed E-state index contributed by atoms with van der Waals surface area (Å²) in [6.07, 6.45) is 0. The average molecular weight is 293 g/mol. The van der Waals surface area contributed by atoms with Crippen LogP contribution < -0.4 is 16.2 Å². The summed E-state index contributed by atoms with van der Waals surface area (Å²) in [5.41, 5.74) is 7.76. The maximum absolute atomic E-state index is 11.8. The van der Waals surface area contributed by atoms with Crippen LogP contribution in [0.25, 0.3) is 10.9 Å². The highest BCUT2D eigenvalue weighted by atomic mass is 16.2. The number of benzene rings is 2. The van der Waals surface area contributed by atoms with E-state index in [0.29, 0.717) is 12.2 Å². The van der Waals surface area contributed by atoms with Crippen LogP contribution >= 0.6 is 0 Å². The molecular formula is C17H15N3O2. The molecule has 0 saturated heterocycles. The molecule has 5 heteroatoms. The quantitative estimate of drug-likeness (QED) is 0.778. The van der Waals surface area contributed by atoms with Crippen molar-refractivity contribution in [1.82, 2.24) is 4.98 Å². The van der Waals surface area contributed by atoms with Crippen LogP contribution in [0.15, 0.2) is 65.5 Å². The third kappa shape index (κ3) is 2.83. The van der Waals surface area contributed by atoms with E-state index in [9.17, 15) is 9.59 Å². The number of nitrogens with zero attached hydrogens (tertiary/aromatic N) is 1. The molecule has 3 aromatic rings. The topological polar surface area (TPSA) is 79.2 Å². The molecule has 0 unspecified atom stereocenters. The van der Waals surface area contributed by atoms with Crippen LogP contribution in [0, 0.1) is 0 Å². The van der Waals surface area contributed by atoms with E-state index < -0.39 is 6.03 Å². The molecule has 0 spiro atoms. The summed E-state index contributed by atoms with van der Waals surface area (Å²) in [6, 6.07) is 17.7. The third-order valence-electron chi connectivity index (χ3n) is 3.47. The molecule has 2 aromatic carbocycles. The Kier molecular flexibility index (Phi) is 3.62. The van der Waals surface area contributed by atoms with Crippen molar-refractivity contribution in [3.8, 4) is 0 Å². The minimum Gasteiger partial charge on any atom is -0.351 e. The van der Waals surface area contributed by atoms with Crippen LogP contribution in [-0.2, 0) is 6.54 Å². The van der Waals surface area contributed by atoms with E-state index in [2.05, 4.69) is 4.98 Å². The molecule has 1 heterocycles. The second-order valence-electron chi connectivity index (χ2n) is 5.00. The summed E-state index contributed by atoms with van der Waals surface area (Å²) < 4.78 is 0. The van der Waals surface area contributed by atoms with Crippen LogP contribution in [0.2, 0.25) is 0 Å². The van der Waals surface area contributed by atoms with Gasteiger partial charge < -0.3 is 10.7 Å². The first kappa shape index (κ1) is 13.9. The molecular weight excluding hydrogens is 278 g/mol. The highest BCUT2D eigenvalue weighted by Crippen LogP contribution is 2.22. The van der Waals surface area contributed by atoms with E-state index >= 15 is 0 Å². The number of urea groups is 1. The van der Waals surface area contributed by atoms with Crippen molar-refractivity contribution in [2.45, 2.75) is 6.54 Å². The average Bonchev–Trinajstić information content (AvgIpc) is 2.53. The van der Waals surface area contributed by atoms with Gasteiger partial charge in [0.15, 0.2) is 0 Å². The number of nitrogens with one attached hydrogen (secondary N) is 1. The van der Waals surface area contributed by atoms with Gasteiger partial charge in [-0.3, -0.25) is 9.69 Å². The van der Waals surface area contributed by atoms with Gasteiger partial charge in [0.1, 0.15) is 0 Å². The fourth-order valence-electron chi connectivity index (χ4n) is 2.37. The van der Waals surface area contributed by atoms with Gasteiger partial charge in [-0.05, 0) is 29.8 Å². The van der Waals surface area contributed by atoms with Crippen molar-refractivity contribution >= 4 is 22.6 Å². The Morgan fingerprint density at radius 1 is 1.05 bits per heavy atom. The standard InChI is InChI=1S/C17H15N3O2/c18-17(22)20(11-12-4-2-1-3-5-12)14-7-8-15-13(10-14)6-9-16(21)19-15/h1-10H,11H2,(H2,18,22)(H,19,21). The van der Waals surface area contributed by atoms with Gasteiger partial charge in [-0.15, -0.1) is 0 Å². The van der Waals surface area contributed by atoms with Crippen molar-refractivity contribution in [3.63, 3.8) is 0 Å². The molecule has 5 nitrogen and oxygen atoms in total. The number of hydrogen-bond donors (Lipinski definition) is 2. The molecule has 0 atom stereocenters. The Hall–Kier alpha value is -3.08. The van der Waals surface area contributed by atoms with E-state index in [0.717, 1.165) is 16.5 Å². The van der Waals surface area contributed by atoms with Gasteiger partial charge in [0, 0.05) is 22.7 Å². The Bertz CT molecular complexity index is 872. The Labute approximate surface area is 127 Å². The highest BCUT2D eigenvalue weighted by Gasteiger charge is 2.13. The second kappa shape index (κ2) is 5.73. The number of anilines is 1. The van der Waals surface area contributed by atoms with Crippen LogP contribution in [0.4, 0.5) is 10.5 Å². The van der Waals surface area contributed by atoms with Crippen molar-refractivity contribution in [2.75, 3.05) is 4.90 Å². The molecule has 22 heavy (non-hydrogen) atoms. The summed E-state index contributed by atoms with van der Waals surface area (Å²) in [5, 5.41) is 0.844. The monoisotopic (exact) mass is 293 g/mol. The van der Waals surface area contributed by atoms with Gasteiger partial charge in [-0.2, -0.15) is 0 Å². The van der Waals surface area contributed by atoms with Crippen molar-refractivity contribution < 1.29 is 4.79 Å². The molecule has 0 aliphatic carbocycles. The lowest BCUT2D eigenvalue weighted by Crippen LogP contribution is -2.35. The van der Waals surface area contributed by atoms with E-state index in [4.69, 9.17) is 5.73 Å². The molecule has 2 amide bonds. The molecule has 110 valence electrons. The maximum atomic E-state index is 11.8. The van der Waals surface area contributed by atoms with Gasteiger partial charge in [0.05, 0.1) is 6.54 Å². The first-order valence-electron chi connectivity index (χ1n) is 6.87. The third-order valence-corrected chi connectivity index (χ3v) is 3.47. The molecule has 3 rings (SSSR count). The van der Waals surface area contributed by atoms with Gasteiger partial charge in [-0.25, -0.2) is 4.79 Å². The number of pyridine rings is 1. The molecule has 1 aromatic heterocycles. The number of rotatable bonds is 3. The van der Waals surface area contributed by atoms with Gasteiger partial charge in [0.2, 0.25) is 5.56 Å². The number of carbonyl (C=O) groups is 1. The number of carbonyl (C=O) groups excluding carboxylic acids is 1. The zero-order valence-electron chi connectivity index (χ0n) is 11.8. The molecule has 0 saturated carbocycles. The lowest BCUT2D eigenvalue weighted by Gasteiger charge is -2.21. The van der Waals surface area contributed by atoms with Crippen molar-refractivity contribution in [3.05, 3.63) is 76.6 Å². The summed E-state index contributed by atoms with van der Waals surface area (Å²) in [4.78, 5) is 27.3. The second-order valence-corrected chi connectivity index (χ2v) is 5.00. The predicted molar refractivity (Wildman–Crippen MR) is 86.8 cm³/mol. The van der Waals surface area contributed by atoms with Crippen LogP contribution in [-0.4, -0.2) is 11.0 Å². The fourth-order valence-corrected chi connectivity index (χ4v) is 2.37. The minimum atomic E-state index is -0.521. The van der Waals surface area contributed by atoms with E-state index in [1.807, 2.05) is 36.4 Å². The minimum absolute atomic E-state index is 0.156. The first-order valence-corrected chi connectivity index (χ1v) is 6.87. The van der Waals surface area contributed by atoms with Gasteiger partial charge >= 0.3 is 6.03 Å². The number of nitrogens with two attached hydrogens (primary N) is 1. The smallest absolute Gasteiger partial charge is 0.319 e.